The van der Waals surface area contributed by atoms with Gasteiger partial charge in [-0.05, 0) is 31.7 Å². The predicted molar refractivity (Wildman–Crippen MR) is 91.2 cm³/mol. The number of anilines is 1. The standard InChI is InChI=1S/C15H16N4OS2/c1-8-7-20-12-6-17-11(4-10(8)12)9(2)22-15-18-13(16)5-14(19-15)21-3/h4-7,9H,1-3H3,(H2,16,18,19)/t9-/m1/s1. The van der Waals surface area contributed by atoms with E-state index < -0.39 is 0 Å². The Hall–Kier alpha value is -1.73. The van der Waals surface area contributed by atoms with Gasteiger partial charge in [-0.3, -0.25) is 4.98 Å². The van der Waals surface area contributed by atoms with Crippen LogP contribution in [0.3, 0.4) is 0 Å². The summed E-state index contributed by atoms with van der Waals surface area (Å²) in [5, 5.41) is 2.75. The number of fused-ring (bicyclic) bond motifs is 1. The van der Waals surface area contributed by atoms with Crippen molar-refractivity contribution in [2.45, 2.75) is 29.3 Å². The van der Waals surface area contributed by atoms with Crippen LogP contribution >= 0.6 is 23.5 Å². The third kappa shape index (κ3) is 3.05. The molecule has 114 valence electrons. The van der Waals surface area contributed by atoms with Crippen molar-refractivity contribution in [2.75, 3.05) is 12.0 Å². The van der Waals surface area contributed by atoms with E-state index in [2.05, 4.69) is 27.9 Å². The Morgan fingerprint density at radius 3 is 2.86 bits per heavy atom. The fourth-order valence-electron chi connectivity index (χ4n) is 2.10. The van der Waals surface area contributed by atoms with Gasteiger partial charge in [-0.2, -0.15) is 0 Å². The highest BCUT2D eigenvalue weighted by Crippen LogP contribution is 2.34. The predicted octanol–water partition coefficient (Wildman–Crippen LogP) is 4.08. The zero-order valence-corrected chi connectivity index (χ0v) is 14.2. The second-order valence-corrected chi connectivity index (χ2v) is 7.04. The van der Waals surface area contributed by atoms with E-state index in [0.29, 0.717) is 11.0 Å². The molecule has 22 heavy (non-hydrogen) atoms. The Bertz CT molecular complexity index is 818. The molecule has 3 heterocycles. The minimum absolute atomic E-state index is 0.121. The Labute approximate surface area is 137 Å². The van der Waals surface area contributed by atoms with Crippen molar-refractivity contribution in [1.29, 1.82) is 0 Å². The summed E-state index contributed by atoms with van der Waals surface area (Å²) in [5.74, 6) is 0.489. The summed E-state index contributed by atoms with van der Waals surface area (Å²) in [5.41, 5.74) is 8.72. The minimum atomic E-state index is 0.121. The summed E-state index contributed by atoms with van der Waals surface area (Å²) in [6, 6.07) is 3.84. The maximum atomic E-state index is 5.82. The molecule has 3 rings (SSSR count). The lowest BCUT2D eigenvalue weighted by atomic mass is 10.2. The Balaban J connectivity index is 1.87. The summed E-state index contributed by atoms with van der Waals surface area (Å²) >= 11 is 3.10. The first kappa shape index (κ1) is 15.2. The highest BCUT2D eigenvalue weighted by atomic mass is 32.2. The molecule has 3 aromatic rings. The number of thioether (sulfide) groups is 2. The summed E-state index contributed by atoms with van der Waals surface area (Å²) in [4.78, 5) is 13.2. The lowest BCUT2D eigenvalue weighted by molar-refractivity contribution is 0.611. The number of aryl methyl sites for hydroxylation is 1. The van der Waals surface area contributed by atoms with E-state index in [0.717, 1.165) is 27.3 Å². The van der Waals surface area contributed by atoms with Crippen LogP contribution in [0.1, 0.15) is 23.4 Å². The van der Waals surface area contributed by atoms with Crippen molar-refractivity contribution < 1.29 is 4.42 Å². The molecule has 5 nitrogen and oxygen atoms in total. The van der Waals surface area contributed by atoms with Crippen LogP contribution in [0.2, 0.25) is 0 Å². The van der Waals surface area contributed by atoms with Gasteiger partial charge in [0.25, 0.3) is 0 Å². The fraction of sp³-hybridized carbons (Fsp3) is 0.267. The topological polar surface area (TPSA) is 77.8 Å². The third-order valence-corrected chi connectivity index (χ3v) is 4.90. The molecule has 0 bridgehead atoms. The van der Waals surface area contributed by atoms with Gasteiger partial charge in [0.15, 0.2) is 10.7 Å². The molecular formula is C15H16N4OS2. The monoisotopic (exact) mass is 332 g/mol. The van der Waals surface area contributed by atoms with Crippen molar-refractivity contribution >= 4 is 40.3 Å². The van der Waals surface area contributed by atoms with Gasteiger partial charge in [0.05, 0.1) is 23.4 Å². The molecule has 0 aromatic carbocycles. The highest BCUT2D eigenvalue weighted by molar-refractivity contribution is 7.99. The molecule has 1 atom stereocenters. The lowest BCUT2D eigenvalue weighted by Crippen LogP contribution is -1.99. The van der Waals surface area contributed by atoms with Crippen LogP contribution in [0.15, 0.2) is 39.2 Å². The van der Waals surface area contributed by atoms with E-state index in [9.17, 15) is 0 Å². The molecule has 2 N–H and O–H groups in total. The summed E-state index contributed by atoms with van der Waals surface area (Å²) < 4.78 is 5.43. The zero-order valence-electron chi connectivity index (χ0n) is 12.5. The average molecular weight is 332 g/mol. The first-order chi connectivity index (χ1) is 10.6. The number of nitrogens with two attached hydrogens (primary N) is 1. The van der Waals surface area contributed by atoms with Crippen molar-refractivity contribution in [3.05, 3.63) is 35.9 Å². The van der Waals surface area contributed by atoms with Crippen LogP contribution in [0.4, 0.5) is 5.82 Å². The van der Waals surface area contributed by atoms with Gasteiger partial charge >= 0.3 is 0 Å². The SMILES string of the molecule is CSc1cc(N)nc(S[C@H](C)c2cc3c(C)coc3cn2)n1. The maximum Gasteiger partial charge on any atom is 0.191 e. The molecule has 7 heteroatoms. The molecule has 0 fully saturated rings. The van der Waals surface area contributed by atoms with Crippen molar-refractivity contribution in [2.24, 2.45) is 0 Å². The number of hydrogen-bond donors (Lipinski definition) is 1. The molecular weight excluding hydrogens is 316 g/mol. The van der Waals surface area contributed by atoms with Gasteiger partial charge in [0.1, 0.15) is 10.8 Å². The molecule has 0 saturated heterocycles. The van der Waals surface area contributed by atoms with Crippen LogP contribution in [-0.4, -0.2) is 21.2 Å². The van der Waals surface area contributed by atoms with Gasteiger partial charge in [0.2, 0.25) is 0 Å². The normalized spacial score (nSPS) is 12.7. The largest absolute Gasteiger partial charge is 0.462 e. The molecule has 0 aliphatic carbocycles. The number of pyridine rings is 1. The van der Waals surface area contributed by atoms with E-state index >= 15 is 0 Å². The minimum Gasteiger partial charge on any atom is -0.462 e. The third-order valence-electron chi connectivity index (χ3n) is 3.29. The Kier molecular flexibility index (Phi) is 4.26. The highest BCUT2D eigenvalue weighted by Gasteiger charge is 2.14. The van der Waals surface area contributed by atoms with Crippen LogP contribution in [-0.2, 0) is 0 Å². The number of aromatic nitrogens is 3. The summed E-state index contributed by atoms with van der Waals surface area (Å²) in [6.45, 7) is 4.11. The average Bonchev–Trinajstić information content (AvgIpc) is 2.87. The van der Waals surface area contributed by atoms with Crippen molar-refractivity contribution in [3.63, 3.8) is 0 Å². The number of furan rings is 1. The van der Waals surface area contributed by atoms with E-state index in [4.69, 9.17) is 10.2 Å². The molecule has 0 aliphatic rings. The molecule has 0 spiro atoms. The molecule has 0 saturated carbocycles. The number of rotatable bonds is 4. The second-order valence-electron chi connectivity index (χ2n) is 4.90. The van der Waals surface area contributed by atoms with Crippen LogP contribution in [0.5, 0.6) is 0 Å². The Morgan fingerprint density at radius 1 is 1.27 bits per heavy atom. The summed E-state index contributed by atoms with van der Waals surface area (Å²) in [7, 11) is 0. The van der Waals surface area contributed by atoms with Gasteiger partial charge in [0, 0.05) is 11.5 Å². The van der Waals surface area contributed by atoms with E-state index in [1.807, 2.05) is 13.2 Å². The maximum absolute atomic E-state index is 5.82. The Morgan fingerprint density at radius 2 is 2.09 bits per heavy atom. The van der Waals surface area contributed by atoms with E-state index in [1.165, 1.54) is 0 Å². The zero-order chi connectivity index (χ0) is 15.7. The van der Waals surface area contributed by atoms with Crippen molar-refractivity contribution in [1.82, 2.24) is 15.0 Å². The molecule has 0 amide bonds. The molecule has 0 unspecified atom stereocenters. The quantitative estimate of drug-likeness (QED) is 0.438. The number of nitrogen functional groups attached to an aromatic ring is 1. The molecule has 3 aromatic heterocycles. The van der Waals surface area contributed by atoms with Gasteiger partial charge < -0.3 is 10.2 Å². The van der Waals surface area contributed by atoms with Gasteiger partial charge in [-0.1, -0.05) is 11.8 Å². The lowest BCUT2D eigenvalue weighted by Gasteiger charge is -2.10. The number of nitrogens with zero attached hydrogens (tertiary/aromatic N) is 3. The molecule has 0 radical (unpaired) electrons. The van der Waals surface area contributed by atoms with Crippen LogP contribution in [0, 0.1) is 6.92 Å². The second kappa shape index (κ2) is 6.18. The van der Waals surface area contributed by atoms with Crippen LogP contribution in [0.25, 0.3) is 11.0 Å². The fourth-order valence-corrected chi connectivity index (χ4v) is 3.44. The first-order valence-corrected chi connectivity index (χ1v) is 8.86. The van der Waals surface area contributed by atoms with Gasteiger partial charge in [-0.25, -0.2) is 9.97 Å². The van der Waals surface area contributed by atoms with E-state index in [-0.39, 0.29) is 5.25 Å². The number of hydrogen-bond acceptors (Lipinski definition) is 7. The van der Waals surface area contributed by atoms with Crippen LogP contribution < -0.4 is 5.73 Å². The van der Waals surface area contributed by atoms with Crippen molar-refractivity contribution in [3.8, 4) is 0 Å². The first-order valence-electron chi connectivity index (χ1n) is 6.76. The van der Waals surface area contributed by atoms with Gasteiger partial charge in [-0.15, -0.1) is 11.8 Å². The summed E-state index contributed by atoms with van der Waals surface area (Å²) in [6.07, 6.45) is 5.48. The smallest absolute Gasteiger partial charge is 0.191 e. The molecule has 0 aliphatic heterocycles. The van der Waals surface area contributed by atoms with E-state index in [1.54, 1.807) is 42.1 Å².